The highest BCUT2D eigenvalue weighted by atomic mass is 32.2. The van der Waals surface area contributed by atoms with E-state index in [0.717, 1.165) is 17.0 Å². The summed E-state index contributed by atoms with van der Waals surface area (Å²) >= 11 is 2.66. The van der Waals surface area contributed by atoms with Gasteiger partial charge in [0, 0.05) is 24.1 Å². The van der Waals surface area contributed by atoms with Gasteiger partial charge in [0.05, 0.1) is 18.4 Å². The standard InChI is InChI=1S/C14H20N4O2S2/c1-8-5-11(10(3)18(8)9(2)6-20-4)12(19)7-21-14-17-16-13(15)22-14/h5,9H,6-7H2,1-4H3,(H2,15,16). The highest BCUT2D eigenvalue weighted by Crippen LogP contribution is 2.26. The van der Waals surface area contributed by atoms with Crippen LogP contribution < -0.4 is 5.73 Å². The summed E-state index contributed by atoms with van der Waals surface area (Å²) in [6.45, 7) is 6.67. The Labute approximate surface area is 138 Å². The number of thioether (sulfide) groups is 1. The van der Waals surface area contributed by atoms with Crippen molar-refractivity contribution in [3.8, 4) is 0 Å². The van der Waals surface area contributed by atoms with Crippen LogP contribution in [0.5, 0.6) is 0 Å². The molecule has 0 bridgehead atoms. The van der Waals surface area contributed by atoms with Crippen LogP contribution in [0, 0.1) is 13.8 Å². The van der Waals surface area contributed by atoms with E-state index in [9.17, 15) is 4.79 Å². The minimum atomic E-state index is 0.0859. The lowest BCUT2D eigenvalue weighted by molar-refractivity contribution is 0.102. The molecule has 8 heteroatoms. The Bertz CT molecular complexity index is 666. The third-order valence-corrected chi connectivity index (χ3v) is 5.27. The number of rotatable bonds is 7. The first-order valence-corrected chi connectivity index (χ1v) is 8.66. The zero-order valence-corrected chi connectivity index (χ0v) is 14.8. The summed E-state index contributed by atoms with van der Waals surface area (Å²) in [6, 6.07) is 2.14. The van der Waals surface area contributed by atoms with Crippen molar-refractivity contribution in [1.29, 1.82) is 0 Å². The van der Waals surface area contributed by atoms with Crippen molar-refractivity contribution < 1.29 is 9.53 Å². The van der Waals surface area contributed by atoms with Gasteiger partial charge in [0.2, 0.25) is 5.13 Å². The van der Waals surface area contributed by atoms with E-state index < -0.39 is 0 Å². The van der Waals surface area contributed by atoms with Gasteiger partial charge < -0.3 is 15.0 Å². The number of hydrogen-bond donors (Lipinski definition) is 1. The average Bonchev–Trinajstić information content (AvgIpc) is 3.00. The van der Waals surface area contributed by atoms with Crippen LogP contribution in [0.1, 0.15) is 34.7 Å². The lowest BCUT2D eigenvalue weighted by Gasteiger charge is -2.17. The van der Waals surface area contributed by atoms with Crippen molar-refractivity contribution in [2.75, 3.05) is 25.2 Å². The maximum absolute atomic E-state index is 12.5. The SMILES string of the molecule is COCC(C)n1c(C)cc(C(=O)CSc2nnc(N)s2)c1C. The number of nitrogens with two attached hydrogens (primary N) is 1. The molecule has 0 spiro atoms. The van der Waals surface area contributed by atoms with Crippen LogP contribution in [0.25, 0.3) is 0 Å². The molecular formula is C14H20N4O2S2. The van der Waals surface area contributed by atoms with Gasteiger partial charge in [0.1, 0.15) is 0 Å². The van der Waals surface area contributed by atoms with E-state index in [1.54, 1.807) is 7.11 Å². The molecule has 2 aromatic heterocycles. The molecule has 120 valence electrons. The summed E-state index contributed by atoms with van der Waals surface area (Å²) in [4.78, 5) is 12.5. The van der Waals surface area contributed by atoms with E-state index >= 15 is 0 Å². The second kappa shape index (κ2) is 7.26. The number of nitrogens with zero attached hydrogens (tertiary/aromatic N) is 3. The third kappa shape index (κ3) is 3.68. The molecule has 2 rings (SSSR count). The first kappa shape index (κ1) is 17.0. The zero-order chi connectivity index (χ0) is 16.3. The molecule has 0 radical (unpaired) electrons. The number of carbonyl (C=O) groups excluding carboxylic acids is 1. The molecule has 0 saturated heterocycles. The monoisotopic (exact) mass is 340 g/mol. The second-order valence-corrected chi connectivity index (χ2v) is 7.31. The second-order valence-electron chi connectivity index (χ2n) is 5.08. The molecule has 1 unspecified atom stereocenters. The first-order chi connectivity index (χ1) is 10.4. The molecule has 0 aliphatic carbocycles. The van der Waals surface area contributed by atoms with Crippen molar-refractivity contribution >= 4 is 34.0 Å². The van der Waals surface area contributed by atoms with E-state index in [0.29, 0.717) is 21.8 Å². The maximum Gasteiger partial charge on any atom is 0.203 e. The fourth-order valence-electron chi connectivity index (χ4n) is 2.54. The van der Waals surface area contributed by atoms with Gasteiger partial charge in [-0.2, -0.15) is 0 Å². The minimum Gasteiger partial charge on any atom is -0.383 e. The maximum atomic E-state index is 12.5. The molecule has 2 heterocycles. The number of aryl methyl sites for hydroxylation is 1. The largest absolute Gasteiger partial charge is 0.383 e. The number of ether oxygens (including phenoxy) is 1. The third-order valence-electron chi connectivity index (χ3n) is 3.38. The number of Topliss-reactive ketones (excluding diaryl/α,β-unsaturated/α-hetero) is 1. The van der Waals surface area contributed by atoms with Gasteiger partial charge in [-0.05, 0) is 26.8 Å². The number of ketones is 1. The predicted octanol–water partition coefficient (Wildman–Crippen LogP) is 2.72. The molecule has 2 aromatic rings. The Morgan fingerprint density at radius 2 is 2.23 bits per heavy atom. The van der Waals surface area contributed by atoms with Gasteiger partial charge in [-0.3, -0.25) is 4.79 Å². The summed E-state index contributed by atoms with van der Waals surface area (Å²) in [7, 11) is 1.68. The fraction of sp³-hybridized carbons (Fsp3) is 0.500. The van der Waals surface area contributed by atoms with Crippen molar-refractivity contribution in [1.82, 2.24) is 14.8 Å². The molecule has 0 fully saturated rings. The topological polar surface area (TPSA) is 83.0 Å². The van der Waals surface area contributed by atoms with Gasteiger partial charge in [-0.25, -0.2) is 0 Å². The number of aromatic nitrogens is 3. The Kier molecular flexibility index (Phi) is 5.60. The van der Waals surface area contributed by atoms with Gasteiger partial charge in [0.15, 0.2) is 10.1 Å². The molecule has 22 heavy (non-hydrogen) atoms. The summed E-state index contributed by atoms with van der Waals surface area (Å²) in [5.74, 6) is 0.417. The van der Waals surface area contributed by atoms with Gasteiger partial charge >= 0.3 is 0 Å². The Hall–Kier alpha value is -1.38. The Morgan fingerprint density at radius 3 is 2.82 bits per heavy atom. The van der Waals surface area contributed by atoms with Gasteiger partial charge in [-0.15, -0.1) is 10.2 Å². The molecule has 6 nitrogen and oxygen atoms in total. The molecular weight excluding hydrogens is 320 g/mol. The molecule has 1 atom stereocenters. The number of carbonyl (C=O) groups is 1. The predicted molar refractivity (Wildman–Crippen MR) is 89.9 cm³/mol. The lowest BCUT2D eigenvalue weighted by Crippen LogP contribution is -2.14. The summed E-state index contributed by atoms with van der Waals surface area (Å²) in [5, 5.41) is 8.07. The fourth-order valence-corrected chi connectivity index (χ4v) is 4.06. The number of hydrogen-bond acceptors (Lipinski definition) is 7. The van der Waals surface area contributed by atoms with Gasteiger partial charge in [0.25, 0.3) is 0 Å². The number of methoxy groups -OCH3 is 1. The van der Waals surface area contributed by atoms with Crippen molar-refractivity contribution in [2.45, 2.75) is 31.2 Å². The Balaban J connectivity index is 2.11. The molecule has 0 aliphatic heterocycles. The molecule has 0 aromatic carbocycles. The van der Waals surface area contributed by atoms with Crippen LogP contribution in [0.4, 0.5) is 5.13 Å². The summed E-state index contributed by atoms with van der Waals surface area (Å²) in [5.41, 5.74) is 8.33. The smallest absolute Gasteiger partial charge is 0.203 e. The van der Waals surface area contributed by atoms with Crippen LogP contribution in [0.2, 0.25) is 0 Å². The minimum absolute atomic E-state index is 0.0859. The highest BCUT2D eigenvalue weighted by molar-refractivity contribution is 8.01. The molecule has 2 N–H and O–H groups in total. The van der Waals surface area contributed by atoms with E-state index in [1.165, 1.54) is 23.1 Å². The van der Waals surface area contributed by atoms with E-state index in [4.69, 9.17) is 10.5 Å². The molecule has 0 amide bonds. The molecule has 0 saturated carbocycles. The van der Waals surface area contributed by atoms with Gasteiger partial charge in [-0.1, -0.05) is 23.1 Å². The zero-order valence-electron chi connectivity index (χ0n) is 13.1. The number of anilines is 1. The first-order valence-electron chi connectivity index (χ1n) is 6.86. The van der Waals surface area contributed by atoms with Crippen molar-refractivity contribution in [3.05, 3.63) is 23.0 Å². The number of nitrogen functional groups attached to an aromatic ring is 1. The van der Waals surface area contributed by atoms with Crippen molar-refractivity contribution in [2.24, 2.45) is 0 Å². The molecule has 0 aliphatic rings. The summed E-state index contributed by atoms with van der Waals surface area (Å²) in [6.07, 6.45) is 0. The van der Waals surface area contributed by atoms with Crippen LogP contribution in [-0.4, -0.2) is 40.0 Å². The van der Waals surface area contributed by atoms with E-state index in [2.05, 4.69) is 21.7 Å². The highest BCUT2D eigenvalue weighted by Gasteiger charge is 2.19. The lowest BCUT2D eigenvalue weighted by atomic mass is 10.2. The van der Waals surface area contributed by atoms with Crippen LogP contribution >= 0.6 is 23.1 Å². The van der Waals surface area contributed by atoms with E-state index in [-0.39, 0.29) is 11.8 Å². The van der Waals surface area contributed by atoms with Crippen molar-refractivity contribution in [3.63, 3.8) is 0 Å². The average molecular weight is 340 g/mol. The van der Waals surface area contributed by atoms with E-state index in [1.807, 2.05) is 19.9 Å². The Morgan fingerprint density at radius 1 is 1.50 bits per heavy atom. The quantitative estimate of drug-likeness (QED) is 0.616. The van der Waals surface area contributed by atoms with Crippen LogP contribution in [0.15, 0.2) is 10.4 Å². The van der Waals surface area contributed by atoms with Crippen LogP contribution in [0.3, 0.4) is 0 Å². The summed E-state index contributed by atoms with van der Waals surface area (Å²) < 4.78 is 8.07. The van der Waals surface area contributed by atoms with Crippen LogP contribution in [-0.2, 0) is 4.74 Å². The normalized spacial score (nSPS) is 12.5.